The Hall–Kier alpha value is -1.06. The quantitative estimate of drug-likeness (QED) is 0.679. The van der Waals surface area contributed by atoms with Crippen LogP contribution in [0, 0.1) is 6.92 Å². The Balaban J connectivity index is 2.92. The molecule has 0 bridgehead atoms. The van der Waals surface area contributed by atoms with E-state index in [1.54, 1.807) is 12.1 Å². The van der Waals surface area contributed by atoms with Crippen LogP contribution in [0.3, 0.4) is 0 Å². The van der Waals surface area contributed by atoms with Gasteiger partial charge in [0.2, 0.25) is 0 Å². The highest BCUT2D eigenvalue weighted by molar-refractivity contribution is 5.35. The minimum absolute atomic E-state index is 0.153. The molecule has 78 valence electrons. The Kier molecular flexibility index (Phi) is 3.92. The molecule has 3 nitrogen and oxygen atoms in total. The number of aromatic hydroxyl groups is 1. The summed E-state index contributed by atoms with van der Waals surface area (Å²) in [4.78, 5) is 0. The highest BCUT2D eigenvalue weighted by Crippen LogP contribution is 2.23. The fourth-order valence-electron chi connectivity index (χ4n) is 1.64. The Morgan fingerprint density at radius 2 is 2.14 bits per heavy atom. The SMILES string of the molecule is CNC(CCO)c1ccc(O)cc1C. The topological polar surface area (TPSA) is 52.5 Å². The van der Waals surface area contributed by atoms with E-state index in [4.69, 9.17) is 5.11 Å². The monoisotopic (exact) mass is 195 g/mol. The molecule has 3 heteroatoms. The first kappa shape index (κ1) is 11.0. The van der Waals surface area contributed by atoms with E-state index in [2.05, 4.69) is 5.32 Å². The van der Waals surface area contributed by atoms with Gasteiger partial charge in [-0.1, -0.05) is 6.07 Å². The molecule has 1 aromatic rings. The Bertz CT molecular complexity index is 299. The highest BCUT2D eigenvalue weighted by atomic mass is 16.3. The lowest BCUT2D eigenvalue weighted by molar-refractivity contribution is 0.268. The fourth-order valence-corrected chi connectivity index (χ4v) is 1.64. The van der Waals surface area contributed by atoms with Gasteiger partial charge in [0.1, 0.15) is 5.75 Å². The number of hydrogen-bond donors (Lipinski definition) is 3. The smallest absolute Gasteiger partial charge is 0.115 e. The average Bonchev–Trinajstić information content (AvgIpc) is 2.15. The van der Waals surface area contributed by atoms with Crippen LogP contribution >= 0.6 is 0 Å². The van der Waals surface area contributed by atoms with Gasteiger partial charge in [-0.2, -0.15) is 0 Å². The third-order valence-corrected chi connectivity index (χ3v) is 2.40. The van der Waals surface area contributed by atoms with E-state index < -0.39 is 0 Å². The maximum atomic E-state index is 9.25. The van der Waals surface area contributed by atoms with Gasteiger partial charge in [0.15, 0.2) is 0 Å². The second kappa shape index (κ2) is 4.98. The second-order valence-corrected chi connectivity index (χ2v) is 3.39. The predicted octanol–water partition coefficient (Wildman–Crippen LogP) is 1.34. The minimum atomic E-state index is 0.153. The summed E-state index contributed by atoms with van der Waals surface area (Å²) in [6.07, 6.45) is 0.683. The largest absolute Gasteiger partial charge is 0.508 e. The Morgan fingerprint density at radius 1 is 1.43 bits per heavy atom. The maximum absolute atomic E-state index is 9.25. The number of aliphatic hydroxyl groups excluding tert-OH is 1. The molecule has 0 fully saturated rings. The number of hydrogen-bond acceptors (Lipinski definition) is 3. The molecule has 0 aromatic heterocycles. The summed E-state index contributed by atoms with van der Waals surface area (Å²) in [7, 11) is 1.87. The third kappa shape index (κ3) is 2.47. The molecule has 0 radical (unpaired) electrons. The molecule has 1 rings (SSSR count). The molecule has 1 aromatic carbocycles. The minimum Gasteiger partial charge on any atom is -0.508 e. The van der Waals surface area contributed by atoms with Crippen LogP contribution in [0.2, 0.25) is 0 Å². The van der Waals surface area contributed by atoms with Crippen molar-refractivity contribution in [2.75, 3.05) is 13.7 Å². The molecule has 14 heavy (non-hydrogen) atoms. The number of aliphatic hydroxyl groups is 1. The summed E-state index contributed by atoms with van der Waals surface area (Å²) in [5, 5.41) is 21.3. The molecule has 0 aliphatic heterocycles. The number of aryl methyl sites for hydroxylation is 1. The molecule has 0 amide bonds. The van der Waals surface area contributed by atoms with Crippen molar-refractivity contribution in [3.63, 3.8) is 0 Å². The van der Waals surface area contributed by atoms with E-state index in [9.17, 15) is 5.11 Å². The van der Waals surface area contributed by atoms with Gasteiger partial charge in [0, 0.05) is 12.6 Å². The number of nitrogens with one attached hydrogen (secondary N) is 1. The van der Waals surface area contributed by atoms with Crippen molar-refractivity contribution >= 4 is 0 Å². The Morgan fingerprint density at radius 3 is 2.64 bits per heavy atom. The lowest BCUT2D eigenvalue weighted by atomic mass is 9.99. The number of rotatable bonds is 4. The van der Waals surface area contributed by atoms with Crippen LogP contribution in [0.25, 0.3) is 0 Å². The summed E-state index contributed by atoms with van der Waals surface area (Å²) in [5.74, 6) is 0.283. The van der Waals surface area contributed by atoms with Gasteiger partial charge in [-0.3, -0.25) is 0 Å². The van der Waals surface area contributed by atoms with E-state index in [0.717, 1.165) is 11.1 Å². The van der Waals surface area contributed by atoms with Crippen LogP contribution in [0.1, 0.15) is 23.6 Å². The summed E-state index contributed by atoms with van der Waals surface area (Å²) in [6.45, 7) is 2.11. The molecule has 1 atom stereocenters. The van der Waals surface area contributed by atoms with Crippen molar-refractivity contribution in [3.05, 3.63) is 29.3 Å². The first-order valence-electron chi connectivity index (χ1n) is 4.76. The summed E-state index contributed by atoms with van der Waals surface area (Å²) in [5.41, 5.74) is 2.16. The number of phenolic OH excluding ortho intramolecular Hbond substituents is 1. The van der Waals surface area contributed by atoms with Crippen molar-refractivity contribution in [2.45, 2.75) is 19.4 Å². The normalized spacial score (nSPS) is 12.8. The van der Waals surface area contributed by atoms with Gasteiger partial charge < -0.3 is 15.5 Å². The highest BCUT2D eigenvalue weighted by Gasteiger charge is 2.10. The van der Waals surface area contributed by atoms with Crippen molar-refractivity contribution < 1.29 is 10.2 Å². The second-order valence-electron chi connectivity index (χ2n) is 3.39. The molecular weight excluding hydrogens is 178 g/mol. The van der Waals surface area contributed by atoms with Crippen LogP contribution < -0.4 is 5.32 Å². The third-order valence-electron chi connectivity index (χ3n) is 2.40. The number of benzene rings is 1. The van der Waals surface area contributed by atoms with E-state index in [-0.39, 0.29) is 18.4 Å². The van der Waals surface area contributed by atoms with Crippen molar-refractivity contribution in [1.82, 2.24) is 5.32 Å². The molecule has 0 heterocycles. The first-order chi connectivity index (χ1) is 6.69. The maximum Gasteiger partial charge on any atom is 0.115 e. The molecule has 0 aliphatic rings. The summed E-state index contributed by atoms with van der Waals surface area (Å²) < 4.78 is 0. The zero-order valence-corrected chi connectivity index (χ0v) is 8.62. The molecule has 0 saturated carbocycles. The van der Waals surface area contributed by atoms with Crippen molar-refractivity contribution in [3.8, 4) is 5.75 Å². The molecule has 0 saturated heterocycles. The van der Waals surface area contributed by atoms with Crippen LogP contribution in [-0.4, -0.2) is 23.9 Å². The van der Waals surface area contributed by atoms with E-state index in [0.29, 0.717) is 6.42 Å². The van der Waals surface area contributed by atoms with Gasteiger partial charge in [0.25, 0.3) is 0 Å². The molecule has 3 N–H and O–H groups in total. The Labute approximate surface area is 84.4 Å². The van der Waals surface area contributed by atoms with E-state index in [1.807, 2.05) is 20.0 Å². The zero-order chi connectivity index (χ0) is 10.6. The van der Waals surface area contributed by atoms with Crippen molar-refractivity contribution in [2.24, 2.45) is 0 Å². The van der Waals surface area contributed by atoms with Crippen LogP contribution in [0.15, 0.2) is 18.2 Å². The van der Waals surface area contributed by atoms with Gasteiger partial charge in [-0.15, -0.1) is 0 Å². The molecule has 0 spiro atoms. The standard InChI is InChI=1S/C11H17NO2/c1-8-7-9(14)3-4-10(8)11(12-2)5-6-13/h3-4,7,11-14H,5-6H2,1-2H3. The predicted molar refractivity (Wildman–Crippen MR) is 56.3 cm³/mol. The van der Waals surface area contributed by atoms with Gasteiger partial charge >= 0.3 is 0 Å². The average molecular weight is 195 g/mol. The molecule has 0 aliphatic carbocycles. The van der Waals surface area contributed by atoms with Gasteiger partial charge in [0.05, 0.1) is 0 Å². The van der Waals surface area contributed by atoms with Gasteiger partial charge in [-0.05, 0) is 43.7 Å². The molecule has 1 unspecified atom stereocenters. The van der Waals surface area contributed by atoms with E-state index >= 15 is 0 Å². The van der Waals surface area contributed by atoms with Gasteiger partial charge in [-0.25, -0.2) is 0 Å². The van der Waals surface area contributed by atoms with Crippen molar-refractivity contribution in [1.29, 1.82) is 0 Å². The van der Waals surface area contributed by atoms with Crippen LogP contribution in [0.5, 0.6) is 5.75 Å². The first-order valence-corrected chi connectivity index (χ1v) is 4.76. The zero-order valence-electron chi connectivity index (χ0n) is 8.62. The lowest BCUT2D eigenvalue weighted by Gasteiger charge is -2.17. The fraction of sp³-hybridized carbons (Fsp3) is 0.455. The number of phenols is 1. The van der Waals surface area contributed by atoms with Crippen LogP contribution in [-0.2, 0) is 0 Å². The summed E-state index contributed by atoms with van der Waals surface area (Å²) >= 11 is 0. The van der Waals surface area contributed by atoms with E-state index in [1.165, 1.54) is 0 Å². The molecular formula is C11H17NO2. The lowest BCUT2D eigenvalue weighted by Crippen LogP contribution is -2.18. The summed E-state index contributed by atoms with van der Waals surface area (Å²) in [6, 6.07) is 5.45. The van der Waals surface area contributed by atoms with Crippen LogP contribution in [0.4, 0.5) is 0 Å².